The molecular formula is C20H38O7S. The van der Waals surface area contributed by atoms with Gasteiger partial charge in [-0.05, 0) is 51.4 Å². The lowest BCUT2D eigenvalue weighted by molar-refractivity contribution is -0.155. The smallest absolute Gasteiger partial charge is 0.327 e. The van der Waals surface area contributed by atoms with Crippen LogP contribution in [0.15, 0.2) is 0 Å². The molecule has 1 N–H and O–H groups in total. The van der Waals surface area contributed by atoms with Crippen LogP contribution in [0.4, 0.5) is 0 Å². The molecule has 0 fully saturated rings. The lowest BCUT2D eigenvalue weighted by Gasteiger charge is -2.20. The summed E-state index contributed by atoms with van der Waals surface area (Å²) in [5.74, 6) is -1.00. The molecule has 28 heavy (non-hydrogen) atoms. The lowest BCUT2D eigenvalue weighted by Crippen LogP contribution is -2.36. The van der Waals surface area contributed by atoms with Crippen molar-refractivity contribution in [1.29, 1.82) is 0 Å². The van der Waals surface area contributed by atoms with E-state index in [1.165, 1.54) is 0 Å². The predicted molar refractivity (Wildman–Crippen MR) is 108 cm³/mol. The molecule has 8 heteroatoms. The largest absolute Gasteiger partial charge is 0.463 e. The van der Waals surface area contributed by atoms with Gasteiger partial charge in [-0.15, -0.1) is 0 Å². The van der Waals surface area contributed by atoms with Crippen LogP contribution < -0.4 is 0 Å². The summed E-state index contributed by atoms with van der Waals surface area (Å²) < 4.78 is 42.9. The maximum absolute atomic E-state index is 12.2. The maximum Gasteiger partial charge on any atom is 0.327 e. The molecule has 0 aromatic rings. The minimum atomic E-state index is -4.78. The van der Waals surface area contributed by atoms with E-state index in [2.05, 4.69) is 27.7 Å². The van der Waals surface area contributed by atoms with E-state index in [4.69, 9.17) is 9.47 Å². The molecule has 0 heterocycles. The van der Waals surface area contributed by atoms with Gasteiger partial charge >= 0.3 is 11.9 Å². The van der Waals surface area contributed by atoms with Gasteiger partial charge in [0.2, 0.25) is 0 Å². The summed E-state index contributed by atoms with van der Waals surface area (Å²) in [5.41, 5.74) is 0. The molecule has 0 aliphatic rings. The Labute approximate surface area is 170 Å². The van der Waals surface area contributed by atoms with Crippen molar-refractivity contribution in [1.82, 2.24) is 0 Å². The van der Waals surface area contributed by atoms with Crippen molar-refractivity contribution >= 4 is 22.1 Å². The molecule has 0 saturated carbocycles. The molecule has 0 aliphatic heterocycles. The third kappa shape index (κ3) is 11.6. The second-order valence-corrected chi connectivity index (χ2v) is 9.54. The molecule has 0 aromatic carbocycles. The zero-order valence-electron chi connectivity index (χ0n) is 18.1. The van der Waals surface area contributed by atoms with E-state index in [9.17, 15) is 22.6 Å². The summed E-state index contributed by atoms with van der Waals surface area (Å²) in [7, 11) is -4.78. The first-order valence-electron chi connectivity index (χ1n) is 10.3. The van der Waals surface area contributed by atoms with Gasteiger partial charge in [0.25, 0.3) is 10.1 Å². The van der Waals surface area contributed by atoms with Crippen LogP contribution in [0.5, 0.6) is 0 Å². The predicted octanol–water partition coefficient (Wildman–Crippen LogP) is 4.15. The van der Waals surface area contributed by atoms with Crippen molar-refractivity contribution < 1.29 is 32.0 Å². The Morgan fingerprint density at radius 1 is 0.821 bits per heavy atom. The fourth-order valence-corrected chi connectivity index (χ4v) is 3.22. The fraction of sp³-hybridized carbons (Fsp3) is 0.900. The molecule has 0 saturated heterocycles. The highest BCUT2D eigenvalue weighted by Crippen LogP contribution is 2.17. The van der Waals surface area contributed by atoms with E-state index in [-0.39, 0.29) is 0 Å². The average Bonchev–Trinajstić information content (AvgIpc) is 2.60. The summed E-state index contributed by atoms with van der Waals surface area (Å²) in [6, 6.07) is 0. The van der Waals surface area contributed by atoms with Crippen LogP contribution >= 0.6 is 0 Å². The average molecular weight is 423 g/mol. The van der Waals surface area contributed by atoms with E-state index in [0.717, 1.165) is 25.7 Å². The van der Waals surface area contributed by atoms with E-state index >= 15 is 0 Å². The van der Waals surface area contributed by atoms with Gasteiger partial charge in [-0.3, -0.25) is 14.1 Å². The van der Waals surface area contributed by atoms with E-state index < -0.39 is 45.9 Å². The Kier molecular flexibility index (Phi) is 12.6. The SMILES string of the molecule is CCC(C)CCC(C)OC(=O)CC(C(=O)OC(C)CCC(C)CC)S(=O)(=O)O. The molecule has 0 bridgehead atoms. The number of hydrogen-bond acceptors (Lipinski definition) is 6. The molecule has 0 rings (SSSR count). The lowest BCUT2D eigenvalue weighted by atomic mass is 10.0. The van der Waals surface area contributed by atoms with Crippen molar-refractivity contribution in [2.24, 2.45) is 11.8 Å². The Hall–Kier alpha value is -1.15. The van der Waals surface area contributed by atoms with Crippen LogP contribution in [0.2, 0.25) is 0 Å². The molecule has 5 atom stereocenters. The minimum absolute atomic E-state index is 0.394. The van der Waals surface area contributed by atoms with Gasteiger partial charge in [-0.1, -0.05) is 40.5 Å². The first-order valence-corrected chi connectivity index (χ1v) is 11.8. The third-order valence-electron chi connectivity index (χ3n) is 5.15. The second-order valence-electron chi connectivity index (χ2n) is 7.94. The number of rotatable bonds is 14. The second kappa shape index (κ2) is 13.1. The van der Waals surface area contributed by atoms with Crippen LogP contribution in [0.25, 0.3) is 0 Å². The summed E-state index contributed by atoms with van der Waals surface area (Å²) >= 11 is 0. The standard InChI is InChI=1S/C20H38O7S/c1-7-14(3)9-11-16(5)26-19(21)13-18(28(23,24)25)20(22)27-17(6)12-10-15(4)8-2/h14-18H,7-13H2,1-6H3,(H,23,24,25). The fourth-order valence-electron chi connectivity index (χ4n) is 2.57. The topological polar surface area (TPSA) is 107 Å². The van der Waals surface area contributed by atoms with Gasteiger partial charge in [0.05, 0.1) is 18.6 Å². The number of ether oxygens (including phenoxy) is 2. The minimum Gasteiger partial charge on any atom is -0.463 e. The van der Waals surface area contributed by atoms with E-state index in [0.29, 0.717) is 24.7 Å². The normalized spacial score (nSPS) is 17.2. The van der Waals surface area contributed by atoms with Crippen LogP contribution in [-0.2, 0) is 29.2 Å². The Balaban J connectivity index is 4.73. The molecule has 7 nitrogen and oxygen atoms in total. The number of hydrogen-bond donors (Lipinski definition) is 1. The van der Waals surface area contributed by atoms with Crippen LogP contribution in [-0.4, -0.2) is 42.4 Å². The molecule has 166 valence electrons. The third-order valence-corrected chi connectivity index (χ3v) is 6.23. The van der Waals surface area contributed by atoms with E-state index in [1.54, 1.807) is 13.8 Å². The quantitative estimate of drug-likeness (QED) is 0.331. The van der Waals surface area contributed by atoms with Crippen LogP contribution in [0, 0.1) is 11.8 Å². The van der Waals surface area contributed by atoms with Crippen LogP contribution in [0.1, 0.15) is 86.5 Å². The first kappa shape index (κ1) is 26.9. The molecular weight excluding hydrogens is 384 g/mol. The highest BCUT2D eigenvalue weighted by Gasteiger charge is 2.36. The number of carbonyl (C=O) groups is 2. The molecule has 5 unspecified atom stereocenters. The van der Waals surface area contributed by atoms with Gasteiger partial charge < -0.3 is 9.47 Å². The molecule has 0 amide bonds. The summed E-state index contributed by atoms with van der Waals surface area (Å²) in [4.78, 5) is 24.3. The summed E-state index contributed by atoms with van der Waals surface area (Å²) in [6.07, 6.45) is 3.29. The molecule has 0 aliphatic carbocycles. The van der Waals surface area contributed by atoms with Crippen molar-refractivity contribution in [2.75, 3.05) is 0 Å². The Morgan fingerprint density at radius 3 is 1.64 bits per heavy atom. The van der Waals surface area contributed by atoms with Gasteiger partial charge in [-0.25, -0.2) is 0 Å². The molecule has 0 radical (unpaired) electrons. The monoisotopic (exact) mass is 422 g/mol. The zero-order chi connectivity index (χ0) is 21.9. The first-order chi connectivity index (χ1) is 12.9. The van der Waals surface area contributed by atoms with Gasteiger partial charge in [0, 0.05) is 0 Å². The van der Waals surface area contributed by atoms with Crippen molar-refractivity contribution in [3.8, 4) is 0 Å². The Morgan fingerprint density at radius 2 is 1.25 bits per heavy atom. The van der Waals surface area contributed by atoms with Crippen LogP contribution in [0.3, 0.4) is 0 Å². The highest BCUT2D eigenvalue weighted by molar-refractivity contribution is 7.87. The highest BCUT2D eigenvalue weighted by atomic mass is 32.2. The Bertz CT molecular complexity index is 573. The zero-order valence-corrected chi connectivity index (χ0v) is 19.0. The number of esters is 2. The number of carbonyl (C=O) groups excluding carboxylic acids is 2. The van der Waals surface area contributed by atoms with Gasteiger partial charge in [-0.2, -0.15) is 8.42 Å². The molecule has 0 aromatic heterocycles. The molecule has 0 spiro atoms. The van der Waals surface area contributed by atoms with Crippen molar-refractivity contribution in [2.45, 2.75) is 104 Å². The van der Waals surface area contributed by atoms with Gasteiger partial charge in [0.1, 0.15) is 0 Å². The van der Waals surface area contributed by atoms with E-state index in [1.807, 2.05) is 0 Å². The summed E-state index contributed by atoms with van der Waals surface area (Å²) in [6.45, 7) is 11.7. The van der Waals surface area contributed by atoms with Crippen molar-refractivity contribution in [3.63, 3.8) is 0 Å². The summed E-state index contributed by atoms with van der Waals surface area (Å²) in [5, 5.41) is -1.96. The maximum atomic E-state index is 12.2. The van der Waals surface area contributed by atoms with Gasteiger partial charge in [0.15, 0.2) is 5.25 Å². The van der Waals surface area contributed by atoms with Crippen molar-refractivity contribution in [3.05, 3.63) is 0 Å².